The summed E-state index contributed by atoms with van der Waals surface area (Å²) in [7, 11) is -2.89. The monoisotopic (exact) mass is 216 g/mol. The maximum Gasteiger partial charge on any atom is 0.152 e. The van der Waals surface area contributed by atoms with Crippen LogP contribution in [0.5, 0.6) is 0 Å². The van der Waals surface area contributed by atoms with Crippen molar-refractivity contribution in [3.05, 3.63) is 18.0 Å². The predicted octanol–water partition coefficient (Wildman–Crippen LogP) is 1.02. The normalized spacial score (nSPS) is 11.9. The standard InChI is InChI=1S/C9H16N2O2S/c1-3-7-14(12,13)8-6-11-9(2)4-5-10-11/h4-5H,3,6-8H2,1-2H3. The van der Waals surface area contributed by atoms with Gasteiger partial charge in [-0.05, 0) is 19.4 Å². The molecule has 5 heteroatoms. The molecule has 0 spiro atoms. The topological polar surface area (TPSA) is 52.0 Å². The molecular weight excluding hydrogens is 200 g/mol. The smallest absolute Gasteiger partial charge is 0.152 e. The molecule has 0 N–H and O–H groups in total. The molecule has 14 heavy (non-hydrogen) atoms. The summed E-state index contributed by atoms with van der Waals surface area (Å²) in [5.41, 5.74) is 0.997. The fraction of sp³-hybridized carbons (Fsp3) is 0.667. The molecule has 0 aliphatic carbocycles. The summed E-state index contributed by atoms with van der Waals surface area (Å²) >= 11 is 0. The third-order valence-electron chi connectivity index (χ3n) is 2.06. The fourth-order valence-electron chi connectivity index (χ4n) is 1.27. The lowest BCUT2D eigenvalue weighted by Crippen LogP contribution is -2.17. The number of aromatic nitrogens is 2. The molecule has 80 valence electrons. The Hall–Kier alpha value is -0.840. The first-order valence-corrected chi connectivity index (χ1v) is 6.56. The van der Waals surface area contributed by atoms with Gasteiger partial charge in [0.1, 0.15) is 0 Å². The van der Waals surface area contributed by atoms with Crippen molar-refractivity contribution in [1.82, 2.24) is 9.78 Å². The van der Waals surface area contributed by atoms with Crippen LogP contribution in [0.4, 0.5) is 0 Å². The second kappa shape index (κ2) is 4.59. The molecular formula is C9H16N2O2S. The minimum Gasteiger partial charge on any atom is -0.269 e. The summed E-state index contributed by atoms with van der Waals surface area (Å²) in [6, 6.07) is 1.87. The number of rotatable bonds is 5. The van der Waals surface area contributed by atoms with E-state index in [1.54, 1.807) is 10.9 Å². The molecule has 0 unspecified atom stereocenters. The van der Waals surface area contributed by atoms with Crippen LogP contribution in [0.25, 0.3) is 0 Å². The number of nitrogens with zero attached hydrogens (tertiary/aromatic N) is 2. The van der Waals surface area contributed by atoms with Crippen LogP contribution in [0.15, 0.2) is 12.3 Å². The molecule has 1 heterocycles. The van der Waals surface area contributed by atoms with Crippen molar-refractivity contribution < 1.29 is 8.42 Å². The van der Waals surface area contributed by atoms with Crippen molar-refractivity contribution in [2.45, 2.75) is 26.8 Å². The van der Waals surface area contributed by atoms with Gasteiger partial charge >= 0.3 is 0 Å². The van der Waals surface area contributed by atoms with E-state index >= 15 is 0 Å². The average molecular weight is 216 g/mol. The van der Waals surface area contributed by atoms with Gasteiger partial charge in [0, 0.05) is 17.6 Å². The minimum absolute atomic E-state index is 0.184. The Labute approximate surface area is 84.9 Å². The Morgan fingerprint density at radius 3 is 2.64 bits per heavy atom. The Morgan fingerprint density at radius 2 is 2.14 bits per heavy atom. The molecule has 0 radical (unpaired) electrons. The van der Waals surface area contributed by atoms with E-state index in [2.05, 4.69) is 5.10 Å². The number of sulfone groups is 1. The van der Waals surface area contributed by atoms with Gasteiger partial charge in [0.25, 0.3) is 0 Å². The summed E-state index contributed by atoms with van der Waals surface area (Å²) in [4.78, 5) is 0. The zero-order valence-electron chi connectivity index (χ0n) is 8.60. The van der Waals surface area contributed by atoms with E-state index in [9.17, 15) is 8.42 Å². The van der Waals surface area contributed by atoms with Crippen LogP contribution >= 0.6 is 0 Å². The molecule has 0 bridgehead atoms. The van der Waals surface area contributed by atoms with Crippen molar-refractivity contribution in [2.75, 3.05) is 11.5 Å². The summed E-state index contributed by atoms with van der Waals surface area (Å²) in [6.45, 7) is 4.25. The van der Waals surface area contributed by atoms with Gasteiger partial charge in [0.05, 0.1) is 12.3 Å². The van der Waals surface area contributed by atoms with Gasteiger partial charge in [-0.15, -0.1) is 0 Å². The highest BCUT2D eigenvalue weighted by Gasteiger charge is 2.09. The van der Waals surface area contributed by atoms with Crippen LogP contribution in [0.2, 0.25) is 0 Å². The van der Waals surface area contributed by atoms with E-state index in [-0.39, 0.29) is 11.5 Å². The van der Waals surface area contributed by atoms with E-state index in [0.717, 1.165) is 5.69 Å². The maximum absolute atomic E-state index is 11.4. The lowest BCUT2D eigenvalue weighted by molar-refractivity contribution is 0.576. The summed E-state index contributed by atoms with van der Waals surface area (Å²) < 4.78 is 24.5. The average Bonchev–Trinajstić information content (AvgIpc) is 2.48. The van der Waals surface area contributed by atoms with Crippen LogP contribution in [0, 0.1) is 6.92 Å². The van der Waals surface area contributed by atoms with Gasteiger partial charge in [0.15, 0.2) is 9.84 Å². The van der Waals surface area contributed by atoms with Crippen LogP contribution < -0.4 is 0 Å². The Kier molecular flexibility index (Phi) is 3.69. The van der Waals surface area contributed by atoms with Gasteiger partial charge in [-0.2, -0.15) is 5.10 Å². The SMILES string of the molecule is CCCS(=O)(=O)CCn1nccc1C. The minimum atomic E-state index is -2.89. The molecule has 0 aromatic carbocycles. The third-order valence-corrected chi connectivity index (χ3v) is 3.89. The molecule has 0 saturated carbocycles. The van der Waals surface area contributed by atoms with E-state index < -0.39 is 9.84 Å². The van der Waals surface area contributed by atoms with Gasteiger partial charge in [0.2, 0.25) is 0 Å². The molecule has 0 aliphatic rings. The van der Waals surface area contributed by atoms with Gasteiger partial charge in [-0.3, -0.25) is 4.68 Å². The molecule has 0 amide bonds. The van der Waals surface area contributed by atoms with Crippen LogP contribution in [-0.4, -0.2) is 29.7 Å². The quantitative estimate of drug-likeness (QED) is 0.738. The van der Waals surface area contributed by atoms with Crippen molar-refractivity contribution >= 4 is 9.84 Å². The predicted molar refractivity (Wildman–Crippen MR) is 55.9 cm³/mol. The molecule has 1 aromatic heterocycles. The summed E-state index contributed by atoms with van der Waals surface area (Å²) in [5.74, 6) is 0.455. The van der Waals surface area contributed by atoms with E-state index in [1.807, 2.05) is 19.9 Å². The van der Waals surface area contributed by atoms with E-state index in [4.69, 9.17) is 0 Å². The largest absolute Gasteiger partial charge is 0.269 e. The van der Waals surface area contributed by atoms with E-state index in [1.165, 1.54) is 0 Å². The lowest BCUT2D eigenvalue weighted by atomic mass is 10.5. The summed E-state index contributed by atoms with van der Waals surface area (Å²) in [6.07, 6.45) is 2.36. The number of aryl methyl sites for hydroxylation is 2. The molecule has 1 aromatic rings. The van der Waals surface area contributed by atoms with Crippen molar-refractivity contribution in [3.8, 4) is 0 Å². The van der Waals surface area contributed by atoms with Crippen LogP contribution in [0.3, 0.4) is 0 Å². The zero-order chi connectivity index (χ0) is 10.6. The maximum atomic E-state index is 11.4. The molecule has 0 saturated heterocycles. The number of hydrogen-bond acceptors (Lipinski definition) is 3. The molecule has 4 nitrogen and oxygen atoms in total. The Balaban J connectivity index is 2.53. The second-order valence-electron chi connectivity index (χ2n) is 3.35. The summed E-state index contributed by atoms with van der Waals surface area (Å²) in [5, 5.41) is 4.03. The fourth-order valence-corrected chi connectivity index (χ4v) is 2.55. The zero-order valence-corrected chi connectivity index (χ0v) is 9.42. The molecule has 0 aliphatic heterocycles. The van der Waals surface area contributed by atoms with Crippen molar-refractivity contribution in [1.29, 1.82) is 0 Å². The van der Waals surface area contributed by atoms with Crippen molar-refractivity contribution in [2.24, 2.45) is 0 Å². The first-order chi connectivity index (χ1) is 6.55. The van der Waals surface area contributed by atoms with Gasteiger partial charge in [-0.25, -0.2) is 8.42 Å². The second-order valence-corrected chi connectivity index (χ2v) is 5.65. The highest BCUT2D eigenvalue weighted by atomic mass is 32.2. The number of hydrogen-bond donors (Lipinski definition) is 0. The van der Waals surface area contributed by atoms with Crippen LogP contribution in [-0.2, 0) is 16.4 Å². The van der Waals surface area contributed by atoms with Crippen molar-refractivity contribution in [3.63, 3.8) is 0 Å². The van der Waals surface area contributed by atoms with Gasteiger partial charge in [-0.1, -0.05) is 6.92 Å². The molecule has 0 atom stereocenters. The Bertz CT molecular complexity index is 381. The first-order valence-electron chi connectivity index (χ1n) is 4.74. The Morgan fingerprint density at radius 1 is 1.43 bits per heavy atom. The molecule has 1 rings (SSSR count). The molecule has 0 fully saturated rings. The highest BCUT2D eigenvalue weighted by molar-refractivity contribution is 7.91. The first kappa shape index (κ1) is 11.2. The van der Waals surface area contributed by atoms with Crippen LogP contribution in [0.1, 0.15) is 19.0 Å². The lowest BCUT2D eigenvalue weighted by Gasteiger charge is -2.04. The highest BCUT2D eigenvalue weighted by Crippen LogP contribution is 1.99. The van der Waals surface area contributed by atoms with E-state index in [0.29, 0.717) is 13.0 Å². The third kappa shape index (κ3) is 3.14. The van der Waals surface area contributed by atoms with Gasteiger partial charge < -0.3 is 0 Å².